The number of para-hydroxylation sites is 1. The molecule has 3 nitrogen and oxygen atoms in total. The normalized spacial score (nSPS) is 12.7. The molecule has 2 aromatic carbocycles. The van der Waals surface area contributed by atoms with Crippen LogP contribution in [-0.4, -0.2) is 22.3 Å². The fourth-order valence-electron chi connectivity index (χ4n) is 3.18. The van der Waals surface area contributed by atoms with Crippen molar-refractivity contribution in [2.24, 2.45) is 0 Å². The maximum absolute atomic E-state index is 10.4. The third-order valence-electron chi connectivity index (χ3n) is 4.60. The summed E-state index contributed by atoms with van der Waals surface area (Å²) in [5, 5.41) is 13.9. The zero-order valence-corrected chi connectivity index (χ0v) is 13.9. The van der Waals surface area contributed by atoms with Crippen molar-refractivity contribution in [2.45, 2.75) is 33.0 Å². The molecule has 0 saturated heterocycles. The van der Waals surface area contributed by atoms with Crippen LogP contribution in [0.25, 0.3) is 10.9 Å². The first-order valence-corrected chi connectivity index (χ1v) is 8.25. The number of nitrogens with zero attached hydrogens (tertiary/aromatic N) is 1. The predicted octanol–water partition coefficient (Wildman–Crippen LogP) is 2.38. The first-order valence-electron chi connectivity index (χ1n) is 8.25. The second-order valence-corrected chi connectivity index (χ2v) is 6.21. The Kier molecular flexibility index (Phi) is 4.79. The van der Waals surface area contributed by atoms with Crippen LogP contribution in [0.5, 0.6) is 0 Å². The minimum Gasteiger partial charge on any atom is -0.385 e. The van der Waals surface area contributed by atoms with Gasteiger partial charge in [0.15, 0.2) is 0 Å². The van der Waals surface area contributed by atoms with Crippen molar-refractivity contribution in [1.82, 2.24) is 4.57 Å². The quantitative estimate of drug-likeness (QED) is 0.721. The summed E-state index contributed by atoms with van der Waals surface area (Å²) in [7, 11) is 0. The summed E-state index contributed by atoms with van der Waals surface area (Å²) in [6.07, 6.45) is -0.354. The van der Waals surface area contributed by atoms with E-state index < -0.39 is 0 Å². The topological polar surface area (TPSA) is 41.8 Å². The molecule has 0 amide bonds. The number of quaternary nitrogens is 1. The van der Waals surface area contributed by atoms with E-state index >= 15 is 0 Å². The van der Waals surface area contributed by atoms with Gasteiger partial charge in [-0.2, -0.15) is 0 Å². The molecular formula is C20H25N2O+. The molecule has 120 valence electrons. The van der Waals surface area contributed by atoms with Crippen LogP contribution in [-0.2, 0) is 13.1 Å². The average molecular weight is 309 g/mol. The summed E-state index contributed by atoms with van der Waals surface area (Å²) in [5.74, 6) is 0. The van der Waals surface area contributed by atoms with Crippen molar-refractivity contribution >= 4 is 10.9 Å². The fraction of sp³-hybridized carbons (Fsp3) is 0.300. The van der Waals surface area contributed by atoms with Crippen molar-refractivity contribution in [3.8, 4) is 0 Å². The summed E-state index contributed by atoms with van der Waals surface area (Å²) >= 11 is 0. The van der Waals surface area contributed by atoms with E-state index in [-0.39, 0.29) is 6.10 Å². The highest BCUT2D eigenvalue weighted by Crippen LogP contribution is 2.24. The van der Waals surface area contributed by atoms with Gasteiger partial charge in [-0.15, -0.1) is 0 Å². The van der Waals surface area contributed by atoms with E-state index in [1.807, 2.05) is 6.07 Å². The largest absolute Gasteiger partial charge is 0.385 e. The Balaban J connectivity index is 1.64. The smallest absolute Gasteiger partial charge is 0.121 e. The Hall–Kier alpha value is -2.10. The Morgan fingerprint density at radius 3 is 2.48 bits per heavy atom. The van der Waals surface area contributed by atoms with Crippen LogP contribution in [0, 0.1) is 13.8 Å². The lowest BCUT2D eigenvalue weighted by atomic mass is 10.2. The first-order chi connectivity index (χ1) is 11.2. The van der Waals surface area contributed by atoms with E-state index in [1.165, 1.54) is 27.7 Å². The number of aliphatic hydroxyl groups is 1. The van der Waals surface area contributed by atoms with Gasteiger partial charge in [-0.25, -0.2) is 0 Å². The second-order valence-electron chi connectivity index (χ2n) is 6.21. The standard InChI is InChI=1S/C20H24N2O/c1-15-16(2)22(20-11-7-6-10-19(15)20)14-18(23)13-21-12-17-8-4-3-5-9-17/h3-11,18,21,23H,12-14H2,1-2H3/p+1. The van der Waals surface area contributed by atoms with Gasteiger partial charge in [0.1, 0.15) is 19.2 Å². The van der Waals surface area contributed by atoms with Crippen LogP contribution in [0.1, 0.15) is 16.8 Å². The highest BCUT2D eigenvalue weighted by atomic mass is 16.3. The zero-order chi connectivity index (χ0) is 16.2. The van der Waals surface area contributed by atoms with Gasteiger partial charge in [0.05, 0.1) is 6.54 Å². The van der Waals surface area contributed by atoms with Crippen LogP contribution in [0.4, 0.5) is 0 Å². The number of aryl methyl sites for hydroxylation is 1. The molecule has 3 rings (SSSR count). The van der Waals surface area contributed by atoms with E-state index in [1.54, 1.807) is 0 Å². The minimum absolute atomic E-state index is 0.354. The summed E-state index contributed by atoms with van der Waals surface area (Å²) in [4.78, 5) is 0. The molecule has 0 aliphatic carbocycles. The van der Waals surface area contributed by atoms with Crippen molar-refractivity contribution < 1.29 is 10.4 Å². The molecule has 1 unspecified atom stereocenters. The van der Waals surface area contributed by atoms with Crippen molar-refractivity contribution in [1.29, 1.82) is 0 Å². The molecule has 0 fully saturated rings. The molecule has 3 heteroatoms. The number of nitrogens with two attached hydrogens (primary N) is 1. The lowest BCUT2D eigenvalue weighted by Gasteiger charge is -2.14. The van der Waals surface area contributed by atoms with Crippen molar-refractivity contribution in [2.75, 3.05) is 6.54 Å². The van der Waals surface area contributed by atoms with Gasteiger partial charge in [-0.3, -0.25) is 0 Å². The molecule has 3 N–H and O–H groups in total. The maximum atomic E-state index is 10.4. The maximum Gasteiger partial charge on any atom is 0.121 e. The molecule has 1 aromatic heterocycles. The monoisotopic (exact) mass is 309 g/mol. The Morgan fingerprint density at radius 2 is 1.70 bits per heavy atom. The molecule has 0 bridgehead atoms. The van der Waals surface area contributed by atoms with Crippen LogP contribution in [0.15, 0.2) is 54.6 Å². The van der Waals surface area contributed by atoms with Crippen LogP contribution >= 0.6 is 0 Å². The number of fused-ring (bicyclic) bond motifs is 1. The molecule has 0 spiro atoms. The van der Waals surface area contributed by atoms with Gasteiger partial charge in [-0.05, 0) is 25.5 Å². The van der Waals surface area contributed by atoms with Gasteiger partial charge in [0.25, 0.3) is 0 Å². The molecule has 1 atom stereocenters. The van der Waals surface area contributed by atoms with Gasteiger partial charge >= 0.3 is 0 Å². The predicted molar refractivity (Wildman–Crippen MR) is 94.4 cm³/mol. The van der Waals surface area contributed by atoms with Crippen molar-refractivity contribution in [3.05, 3.63) is 71.4 Å². The highest BCUT2D eigenvalue weighted by molar-refractivity contribution is 5.85. The lowest BCUT2D eigenvalue weighted by molar-refractivity contribution is -0.676. The van der Waals surface area contributed by atoms with Gasteiger partial charge in [-0.1, -0.05) is 48.5 Å². The highest BCUT2D eigenvalue weighted by Gasteiger charge is 2.14. The Bertz CT molecular complexity index is 777. The SMILES string of the molecule is Cc1c(C)n(CC(O)C[NH2+]Cc2ccccc2)c2ccccc12. The Morgan fingerprint density at radius 1 is 1.00 bits per heavy atom. The van der Waals surface area contributed by atoms with Crippen LogP contribution in [0.2, 0.25) is 0 Å². The third kappa shape index (κ3) is 3.46. The average Bonchev–Trinajstić information content (AvgIpc) is 2.81. The van der Waals surface area contributed by atoms with E-state index in [4.69, 9.17) is 0 Å². The number of benzene rings is 2. The molecule has 0 aliphatic rings. The lowest BCUT2D eigenvalue weighted by Crippen LogP contribution is -2.85. The van der Waals surface area contributed by atoms with Crippen LogP contribution in [0.3, 0.4) is 0 Å². The fourth-order valence-corrected chi connectivity index (χ4v) is 3.18. The number of hydrogen-bond acceptors (Lipinski definition) is 1. The van der Waals surface area contributed by atoms with E-state index in [2.05, 4.69) is 72.3 Å². The molecule has 0 radical (unpaired) electrons. The molecule has 1 heterocycles. The summed E-state index contributed by atoms with van der Waals surface area (Å²) in [6.45, 7) is 6.55. The summed E-state index contributed by atoms with van der Waals surface area (Å²) < 4.78 is 2.24. The molecule has 23 heavy (non-hydrogen) atoms. The minimum atomic E-state index is -0.354. The molecule has 3 aromatic rings. The Labute approximate surface area is 137 Å². The van der Waals surface area contributed by atoms with E-state index in [0.29, 0.717) is 13.1 Å². The number of rotatable bonds is 6. The van der Waals surface area contributed by atoms with E-state index in [9.17, 15) is 5.11 Å². The van der Waals surface area contributed by atoms with Gasteiger partial charge in [0, 0.05) is 22.2 Å². The second kappa shape index (κ2) is 6.99. The van der Waals surface area contributed by atoms with E-state index in [0.717, 1.165) is 6.54 Å². The first kappa shape index (κ1) is 15.8. The third-order valence-corrected chi connectivity index (χ3v) is 4.60. The molecule has 0 saturated carbocycles. The number of aromatic nitrogens is 1. The number of aliphatic hydroxyl groups excluding tert-OH is 1. The zero-order valence-electron chi connectivity index (χ0n) is 13.9. The van der Waals surface area contributed by atoms with Gasteiger partial charge in [0.2, 0.25) is 0 Å². The summed E-state index contributed by atoms with van der Waals surface area (Å²) in [5.41, 5.74) is 5.05. The van der Waals surface area contributed by atoms with Crippen LogP contribution < -0.4 is 5.32 Å². The molecular weight excluding hydrogens is 284 g/mol. The van der Waals surface area contributed by atoms with Crippen molar-refractivity contribution in [3.63, 3.8) is 0 Å². The number of hydrogen-bond donors (Lipinski definition) is 2. The summed E-state index contributed by atoms with van der Waals surface area (Å²) in [6, 6.07) is 18.8. The molecule has 0 aliphatic heterocycles. The van der Waals surface area contributed by atoms with Gasteiger partial charge < -0.3 is 15.0 Å².